The largest absolute Gasteiger partial charge is 0.465 e. The number of Topliss-reactive ketones (excluding diaryl/α,β-unsaturated/α-hetero) is 2. The summed E-state index contributed by atoms with van der Waals surface area (Å²) in [4.78, 5) is 26.0. The molecule has 0 bridgehead atoms. The molecule has 0 saturated carbocycles. The number of ether oxygens (including phenoxy) is 1. The zero-order chi connectivity index (χ0) is 23.2. The van der Waals surface area contributed by atoms with Crippen LogP contribution in [0, 0.1) is 0 Å². The third-order valence-electron chi connectivity index (χ3n) is 6.17. The van der Waals surface area contributed by atoms with E-state index in [1.165, 1.54) is 24.3 Å². The van der Waals surface area contributed by atoms with Crippen LogP contribution in [-0.4, -0.2) is 20.0 Å². The maximum Gasteiger partial charge on any atom is 0.339 e. The fourth-order valence-corrected chi connectivity index (χ4v) is 5.77. The Morgan fingerprint density at radius 3 is 2.00 bits per heavy atom. The maximum absolute atomic E-state index is 13.0. The van der Waals surface area contributed by atoms with E-state index in [-0.39, 0.29) is 22.2 Å². The second kappa shape index (κ2) is 8.47. The first-order chi connectivity index (χ1) is 15.8. The third kappa shape index (κ3) is 4.00. The van der Waals surface area contributed by atoms with Crippen LogP contribution in [0.25, 0.3) is 0 Å². The van der Waals surface area contributed by atoms with E-state index in [1.54, 1.807) is 24.3 Å². The van der Waals surface area contributed by atoms with Crippen LogP contribution in [0.5, 0.6) is 5.75 Å². The van der Waals surface area contributed by atoms with Crippen molar-refractivity contribution in [3.05, 3.63) is 81.8 Å². The Kier molecular flexibility index (Phi) is 5.62. The summed E-state index contributed by atoms with van der Waals surface area (Å²) in [6, 6.07) is 12.3. The Balaban J connectivity index is 1.63. The predicted molar refractivity (Wildman–Crippen MR) is 121 cm³/mol. The smallest absolute Gasteiger partial charge is 0.339 e. The first kappa shape index (κ1) is 21.9. The lowest BCUT2D eigenvalue weighted by Crippen LogP contribution is -2.30. The van der Waals surface area contributed by atoms with Crippen molar-refractivity contribution in [2.75, 3.05) is 0 Å². The first-order valence-electron chi connectivity index (χ1n) is 10.8. The first-order valence-corrected chi connectivity index (χ1v) is 12.6. The molecule has 170 valence electrons. The van der Waals surface area contributed by atoms with Gasteiger partial charge in [0.1, 0.15) is 22.2 Å². The number of carbonyl (C=O) groups excluding carboxylic acids is 2. The monoisotopic (exact) mass is 484 g/mol. The quantitative estimate of drug-likeness (QED) is 0.552. The molecule has 2 aliphatic carbocycles. The third-order valence-corrected chi connectivity index (χ3v) is 7.67. The average Bonchev–Trinajstić information content (AvgIpc) is 2.79. The lowest BCUT2D eigenvalue weighted by atomic mass is 9.73. The Hall–Kier alpha value is -2.90. The van der Waals surface area contributed by atoms with Crippen molar-refractivity contribution in [3.63, 3.8) is 0 Å². The van der Waals surface area contributed by atoms with E-state index in [0.717, 1.165) is 0 Å². The minimum atomic E-state index is -4.17. The van der Waals surface area contributed by atoms with Crippen molar-refractivity contribution in [1.82, 2.24) is 0 Å². The Morgan fingerprint density at radius 1 is 0.818 bits per heavy atom. The lowest BCUT2D eigenvalue weighted by molar-refractivity contribution is -0.117. The molecule has 6 nitrogen and oxygen atoms in total. The van der Waals surface area contributed by atoms with Gasteiger partial charge in [0.05, 0.1) is 5.92 Å². The number of ketones is 2. The Morgan fingerprint density at radius 2 is 1.39 bits per heavy atom. The molecule has 5 rings (SSSR count). The number of carbonyl (C=O) groups is 2. The number of halogens is 1. The molecular formula is C25H21ClO6S. The molecule has 0 unspecified atom stereocenters. The van der Waals surface area contributed by atoms with Crippen LogP contribution in [-0.2, 0) is 24.4 Å². The molecule has 2 aromatic rings. The van der Waals surface area contributed by atoms with Gasteiger partial charge in [0, 0.05) is 47.4 Å². The molecular weight excluding hydrogens is 464 g/mol. The molecule has 0 spiro atoms. The number of rotatable bonds is 4. The van der Waals surface area contributed by atoms with Gasteiger partial charge in [-0.3, -0.25) is 9.59 Å². The second-order valence-corrected chi connectivity index (χ2v) is 10.3. The summed E-state index contributed by atoms with van der Waals surface area (Å²) in [5, 5.41) is 0.405. The highest BCUT2D eigenvalue weighted by Gasteiger charge is 2.43. The molecule has 3 aliphatic rings. The predicted octanol–water partition coefficient (Wildman–Crippen LogP) is 5.24. The zero-order valence-corrected chi connectivity index (χ0v) is 19.2. The SMILES string of the molecule is O=C1CCCC2=C1C(c1ccccc1OS(=O)(=O)c1ccc(Cl)cc1)C1=C(CCCC1=O)O2. The summed E-state index contributed by atoms with van der Waals surface area (Å²) in [6.45, 7) is 0. The van der Waals surface area contributed by atoms with Gasteiger partial charge in [-0.15, -0.1) is 0 Å². The average molecular weight is 485 g/mol. The highest BCUT2D eigenvalue weighted by molar-refractivity contribution is 7.87. The number of benzene rings is 2. The highest BCUT2D eigenvalue weighted by Crippen LogP contribution is 2.49. The van der Waals surface area contributed by atoms with E-state index < -0.39 is 16.0 Å². The summed E-state index contributed by atoms with van der Waals surface area (Å²) < 4.78 is 37.6. The maximum atomic E-state index is 13.0. The standard InChI is InChI=1S/C25H21ClO6S/c26-15-11-13-16(14-12-15)33(29,30)32-20-8-2-1-5-17(20)23-24-18(27)6-3-9-21(24)31-22-10-4-7-19(28)25(22)23/h1-2,5,8,11-14,23H,3-4,6-7,9-10H2. The zero-order valence-electron chi connectivity index (χ0n) is 17.7. The molecule has 0 amide bonds. The molecule has 1 aliphatic heterocycles. The molecule has 0 saturated heterocycles. The summed E-state index contributed by atoms with van der Waals surface area (Å²) in [5.41, 5.74) is 1.34. The van der Waals surface area contributed by atoms with Gasteiger partial charge in [-0.1, -0.05) is 29.8 Å². The molecule has 0 radical (unpaired) electrons. The Labute approximate surface area is 197 Å². The van der Waals surface area contributed by atoms with Crippen LogP contribution in [0.2, 0.25) is 5.02 Å². The van der Waals surface area contributed by atoms with Crippen LogP contribution in [0.3, 0.4) is 0 Å². The van der Waals surface area contributed by atoms with Crippen molar-refractivity contribution >= 4 is 33.3 Å². The molecule has 0 N–H and O–H groups in total. The van der Waals surface area contributed by atoms with E-state index >= 15 is 0 Å². The minimum Gasteiger partial charge on any atom is -0.465 e. The number of hydrogen-bond donors (Lipinski definition) is 0. The lowest BCUT2D eigenvalue weighted by Gasteiger charge is -2.36. The molecule has 1 heterocycles. The number of hydrogen-bond acceptors (Lipinski definition) is 6. The van der Waals surface area contributed by atoms with Gasteiger partial charge in [-0.05, 0) is 43.2 Å². The van der Waals surface area contributed by atoms with Gasteiger partial charge in [0.2, 0.25) is 0 Å². The molecule has 8 heteroatoms. The van der Waals surface area contributed by atoms with Crippen molar-refractivity contribution in [3.8, 4) is 5.75 Å². The van der Waals surface area contributed by atoms with E-state index in [1.807, 2.05) is 0 Å². The van der Waals surface area contributed by atoms with E-state index in [9.17, 15) is 18.0 Å². The van der Waals surface area contributed by atoms with E-state index in [2.05, 4.69) is 0 Å². The summed E-state index contributed by atoms with van der Waals surface area (Å²) in [7, 11) is -4.17. The van der Waals surface area contributed by atoms with Crippen LogP contribution < -0.4 is 4.18 Å². The molecule has 0 aromatic heterocycles. The van der Waals surface area contributed by atoms with Crippen molar-refractivity contribution in [2.45, 2.75) is 49.3 Å². The van der Waals surface area contributed by atoms with Crippen molar-refractivity contribution in [1.29, 1.82) is 0 Å². The molecule has 2 aromatic carbocycles. The minimum absolute atomic E-state index is 0.0454. The van der Waals surface area contributed by atoms with E-state index in [0.29, 0.717) is 71.8 Å². The molecule has 0 atom stereocenters. The van der Waals surface area contributed by atoms with Crippen LogP contribution in [0.4, 0.5) is 0 Å². The fourth-order valence-electron chi connectivity index (χ4n) is 4.69. The van der Waals surface area contributed by atoms with Gasteiger partial charge < -0.3 is 8.92 Å². The summed E-state index contributed by atoms with van der Waals surface area (Å²) in [5.74, 6) is 0.374. The topological polar surface area (TPSA) is 86.7 Å². The van der Waals surface area contributed by atoms with Gasteiger partial charge in [-0.25, -0.2) is 0 Å². The van der Waals surface area contributed by atoms with Crippen molar-refractivity contribution in [2.24, 2.45) is 0 Å². The fraction of sp³-hybridized carbons (Fsp3) is 0.280. The van der Waals surface area contributed by atoms with Gasteiger partial charge in [-0.2, -0.15) is 8.42 Å². The molecule has 33 heavy (non-hydrogen) atoms. The van der Waals surface area contributed by atoms with Gasteiger partial charge >= 0.3 is 10.1 Å². The van der Waals surface area contributed by atoms with Crippen molar-refractivity contribution < 1.29 is 26.9 Å². The normalized spacial score (nSPS) is 19.2. The number of para-hydroxylation sites is 1. The Bertz CT molecular complexity index is 1280. The highest BCUT2D eigenvalue weighted by atomic mass is 35.5. The van der Waals surface area contributed by atoms with Gasteiger partial charge in [0.25, 0.3) is 0 Å². The van der Waals surface area contributed by atoms with Crippen LogP contribution in [0.1, 0.15) is 50.0 Å². The summed E-state index contributed by atoms with van der Waals surface area (Å²) in [6.07, 6.45) is 3.31. The van der Waals surface area contributed by atoms with Gasteiger partial charge in [0.15, 0.2) is 11.6 Å². The second-order valence-electron chi connectivity index (χ2n) is 8.29. The van der Waals surface area contributed by atoms with E-state index in [4.69, 9.17) is 20.5 Å². The summed E-state index contributed by atoms with van der Waals surface area (Å²) >= 11 is 5.88. The number of allylic oxidation sites excluding steroid dienone is 4. The molecule has 0 fully saturated rings. The van der Waals surface area contributed by atoms with Crippen LogP contribution >= 0.6 is 11.6 Å². The van der Waals surface area contributed by atoms with Crippen LogP contribution in [0.15, 0.2) is 76.1 Å².